The van der Waals surface area contributed by atoms with Crippen molar-refractivity contribution in [3.8, 4) is 17.5 Å². The molecule has 1 aromatic heterocycles. The van der Waals surface area contributed by atoms with Gasteiger partial charge in [-0.2, -0.15) is 5.26 Å². The number of amides is 1. The van der Waals surface area contributed by atoms with E-state index in [1.54, 1.807) is 49.4 Å². The standard InChI is InChI=1S/C18H14FN5OS/c1-11(17(25)21-15-9-5-2-6-12(15)10-20)26-18-22-16(23-24-18)13-7-3-4-8-14(13)19/h2-9,11H,1H3,(H,21,25)(H,22,23,24)/t11-/m1/s1. The number of carbonyl (C=O) groups excluding carboxylic acids is 1. The zero-order chi connectivity index (χ0) is 18.5. The first-order chi connectivity index (χ1) is 12.6. The number of nitriles is 1. The maximum absolute atomic E-state index is 13.8. The smallest absolute Gasteiger partial charge is 0.237 e. The summed E-state index contributed by atoms with van der Waals surface area (Å²) in [7, 11) is 0. The normalized spacial score (nSPS) is 11.6. The summed E-state index contributed by atoms with van der Waals surface area (Å²) in [6.45, 7) is 1.70. The molecule has 0 bridgehead atoms. The number of nitrogens with one attached hydrogen (secondary N) is 2. The average Bonchev–Trinajstić information content (AvgIpc) is 3.10. The number of hydrogen-bond donors (Lipinski definition) is 2. The summed E-state index contributed by atoms with van der Waals surface area (Å²) in [5, 5.41) is 18.3. The van der Waals surface area contributed by atoms with E-state index in [4.69, 9.17) is 5.26 Å². The van der Waals surface area contributed by atoms with Gasteiger partial charge in [0.25, 0.3) is 0 Å². The number of hydrogen-bond acceptors (Lipinski definition) is 5. The van der Waals surface area contributed by atoms with E-state index in [9.17, 15) is 9.18 Å². The van der Waals surface area contributed by atoms with Crippen LogP contribution in [0.4, 0.5) is 10.1 Å². The Hall–Kier alpha value is -3.18. The van der Waals surface area contributed by atoms with Crippen molar-refractivity contribution in [2.45, 2.75) is 17.3 Å². The number of aromatic amines is 1. The topological polar surface area (TPSA) is 94.5 Å². The Kier molecular flexibility index (Phi) is 5.29. The SMILES string of the molecule is C[C@@H](Sc1n[nH]c(-c2ccccc2F)n1)C(=O)Nc1ccccc1C#N. The maximum Gasteiger partial charge on any atom is 0.237 e. The molecule has 1 atom stereocenters. The molecule has 130 valence electrons. The van der Waals surface area contributed by atoms with Crippen molar-refractivity contribution in [2.75, 3.05) is 5.32 Å². The summed E-state index contributed by atoms with van der Waals surface area (Å²) < 4.78 is 13.8. The van der Waals surface area contributed by atoms with Crippen LogP contribution in [0.3, 0.4) is 0 Å². The van der Waals surface area contributed by atoms with E-state index in [2.05, 4.69) is 20.5 Å². The second kappa shape index (κ2) is 7.80. The van der Waals surface area contributed by atoms with Crippen LogP contribution in [0.25, 0.3) is 11.4 Å². The van der Waals surface area contributed by atoms with Gasteiger partial charge in [-0.1, -0.05) is 36.0 Å². The Morgan fingerprint density at radius 1 is 1.27 bits per heavy atom. The summed E-state index contributed by atoms with van der Waals surface area (Å²) >= 11 is 1.13. The van der Waals surface area contributed by atoms with Gasteiger partial charge in [0.15, 0.2) is 5.82 Å². The highest BCUT2D eigenvalue weighted by atomic mass is 32.2. The molecule has 6 nitrogen and oxygen atoms in total. The van der Waals surface area contributed by atoms with Gasteiger partial charge in [0.05, 0.1) is 22.1 Å². The molecule has 3 aromatic rings. The molecule has 0 unspecified atom stereocenters. The molecule has 8 heteroatoms. The Labute approximate surface area is 153 Å². The van der Waals surface area contributed by atoms with Gasteiger partial charge >= 0.3 is 0 Å². The number of para-hydroxylation sites is 1. The van der Waals surface area contributed by atoms with Crippen LogP contribution in [0.1, 0.15) is 12.5 Å². The largest absolute Gasteiger partial charge is 0.324 e. The molecule has 0 spiro atoms. The van der Waals surface area contributed by atoms with Crippen LogP contribution in [-0.4, -0.2) is 26.3 Å². The summed E-state index contributed by atoms with van der Waals surface area (Å²) in [5.74, 6) is -0.387. The minimum Gasteiger partial charge on any atom is -0.324 e. The lowest BCUT2D eigenvalue weighted by atomic mass is 10.2. The molecular weight excluding hydrogens is 353 g/mol. The Balaban J connectivity index is 1.69. The fourth-order valence-corrected chi connectivity index (χ4v) is 2.93. The van der Waals surface area contributed by atoms with E-state index in [1.807, 2.05) is 6.07 Å². The van der Waals surface area contributed by atoms with Gasteiger partial charge in [-0.15, -0.1) is 5.10 Å². The summed E-state index contributed by atoms with van der Waals surface area (Å²) in [6.07, 6.45) is 0. The lowest BCUT2D eigenvalue weighted by Gasteiger charge is -2.11. The lowest BCUT2D eigenvalue weighted by molar-refractivity contribution is -0.115. The van der Waals surface area contributed by atoms with Gasteiger partial charge in [-0.25, -0.2) is 9.37 Å². The highest BCUT2D eigenvalue weighted by Crippen LogP contribution is 2.25. The third-order valence-electron chi connectivity index (χ3n) is 3.55. The number of halogens is 1. The number of rotatable bonds is 5. The monoisotopic (exact) mass is 367 g/mol. The minimum absolute atomic E-state index is 0.282. The van der Waals surface area contributed by atoms with E-state index in [0.717, 1.165) is 11.8 Å². The molecule has 2 N–H and O–H groups in total. The molecule has 1 heterocycles. The third-order valence-corrected chi connectivity index (χ3v) is 4.51. The number of aromatic nitrogens is 3. The fourth-order valence-electron chi connectivity index (χ4n) is 2.21. The van der Waals surface area contributed by atoms with Gasteiger partial charge in [0.2, 0.25) is 11.1 Å². The molecule has 1 amide bonds. The number of anilines is 1. The number of thioether (sulfide) groups is 1. The fraction of sp³-hybridized carbons (Fsp3) is 0.111. The van der Waals surface area contributed by atoms with E-state index >= 15 is 0 Å². The van der Waals surface area contributed by atoms with Gasteiger partial charge in [-0.05, 0) is 31.2 Å². The van der Waals surface area contributed by atoms with Crippen molar-refractivity contribution in [3.05, 3.63) is 59.9 Å². The maximum atomic E-state index is 13.8. The van der Waals surface area contributed by atoms with Crippen molar-refractivity contribution >= 4 is 23.4 Å². The van der Waals surface area contributed by atoms with Crippen LogP contribution < -0.4 is 5.32 Å². The molecule has 3 rings (SSSR count). The Morgan fingerprint density at radius 2 is 2.00 bits per heavy atom. The highest BCUT2D eigenvalue weighted by Gasteiger charge is 2.19. The Bertz CT molecular complexity index is 981. The zero-order valence-corrected chi connectivity index (χ0v) is 14.5. The van der Waals surface area contributed by atoms with Crippen LogP contribution in [0.15, 0.2) is 53.7 Å². The first kappa shape index (κ1) is 17.6. The van der Waals surface area contributed by atoms with Gasteiger partial charge < -0.3 is 5.32 Å². The Morgan fingerprint density at radius 3 is 2.77 bits per heavy atom. The van der Waals surface area contributed by atoms with E-state index in [0.29, 0.717) is 27.8 Å². The molecule has 0 saturated heterocycles. The molecule has 0 aliphatic heterocycles. The van der Waals surface area contributed by atoms with Crippen molar-refractivity contribution < 1.29 is 9.18 Å². The molecule has 2 aromatic carbocycles. The zero-order valence-electron chi connectivity index (χ0n) is 13.7. The van der Waals surface area contributed by atoms with E-state index in [1.165, 1.54) is 6.07 Å². The van der Waals surface area contributed by atoms with Gasteiger partial charge in [0.1, 0.15) is 11.9 Å². The predicted octanol–water partition coefficient (Wildman–Crippen LogP) is 3.60. The summed E-state index contributed by atoms with van der Waals surface area (Å²) in [4.78, 5) is 16.6. The van der Waals surface area contributed by atoms with Crippen LogP contribution in [-0.2, 0) is 4.79 Å². The molecule has 0 aliphatic carbocycles. The predicted molar refractivity (Wildman–Crippen MR) is 96.9 cm³/mol. The molecule has 0 radical (unpaired) electrons. The molecule has 0 fully saturated rings. The second-order valence-electron chi connectivity index (χ2n) is 5.35. The minimum atomic E-state index is -0.508. The lowest BCUT2D eigenvalue weighted by Crippen LogP contribution is -2.23. The van der Waals surface area contributed by atoms with Gasteiger partial charge in [-0.3, -0.25) is 9.89 Å². The molecule has 0 aliphatic rings. The average molecular weight is 367 g/mol. The van der Waals surface area contributed by atoms with Crippen LogP contribution >= 0.6 is 11.8 Å². The number of carbonyl (C=O) groups is 1. The van der Waals surface area contributed by atoms with Crippen LogP contribution in [0.2, 0.25) is 0 Å². The number of benzene rings is 2. The second-order valence-corrected chi connectivity index (χ2v) is 6.66. The van der Waals surface area contributed by atoms with Crippen molar-refractivity contribution in [2.24, 2.45) is 0 Å². The highest BCUT2D eigenvalue weighted by molar-refractivity contribution is 8.00. The quantitative estimate of drug-likeness (QED) is 0.672. The van der Waals surface area contributed by atoms with E-state index < -0.39 is 11.1 Å². The first-order valence-corrected chi connectivity index (χ1v) is 8.60. The number of nitrogens with zero attached hydrogens (tertiary/aromatic N) is 3. The molecule has 26 heavy (non-hydrogen) atoms. The first-order valence-electron chi connectivity index (χ1n) is 7.72. The third kappa shape index (κ3) is 3.90. The summed E-state index contributed by atoms with van der Waals surface area (Å²) in [5.41, 5.74) is 1.15. The van der Waals surface area contributed by atoms with Crippen molar-refractivity contribution in [1.82, 2.24) is 15.2 Å². The number of H-pyrrole nitrogens is 1. The summed E-state index contributed by atoms with van der Waals surface area (Å²) in [6, 6.07) is 15.0. The van der Waals surface area contributed by atoms with Crippen molar-refractivity contribution in [1.29, 1.82) is 5.26 Å². The van der Waals surface area contributed by atoms with Crippen LogP contribution in [0, 0.1) is 17.1 Å². The molecule has 0 saturated carbocycles. The van der Waals surface area contributed by atoms with Crippen LogP contribution in [0.5, 0.6) is 0 Å². The van der Waals surface area contributed by atoms with Gasteiger partial charge in [0, 0.05) is 0 Å². The molecular formula is C18H14FN5OS. The van der Waals surface area contributed by atoms with E-state index in [-0.39, 0.29) is 5.91 Å². The van der Waals surface area contributed by atoms with Crippen molar-refractivity contribution in [3.63, 3.8) is 0 Å².